The number of carbonyl (C=O) groups excluding carboxylic acids is 1. The molecule has 156 valence electrons. The fraction of sp³-hybridized carbons (Fsp3) is 0.0833. The SMILES string of the molecule is Cc1ccc(NC(=O)/C(C#N)=C/c2ccc(OCc3ccc(Cl)cc3Cl)c(I)c2)cc1. The van der Waals surface area contributed by atoms with Gasteiger partial charge in [0.15, 0.2) is 0 Å². The summed E-state index contributed by atoms with van der Waals surface area (Å²) in [5.41, 5.74) is 3.28. The highest BCUT2D eigenvalue weighted by Crippen LogP contribution is 2.27. The molecule has 0 aliphatic carbocycles. The number of hydrogen-bond donors (Lipinski definition) is 1. The van der Waals surface area contributed by atoms with Crippen LogP contribution in [0, 0.1) is 21.8 Å². The lowest BCUT2D eigenvalue weighted by atomic mass is 10.1. The van der Waals surface area contributed by atoms with Crippen molar-refractivity contribution in [3.63, 3.8) is 0 Å². The fourth-order valence-electron chi connectivity index (χ4n) is 2.67. The van der Waals surface area contributed by atoms with Gasteiger partial charge in [-0.25, -0.2) is 0 Å². The van der Waals surface area contributed by atoms with Crippen LogP contribution in [0.3, 0.4) is 0 Å². The molecule has 7 heteroatoms. The summed E-state index contributed by atoms with van der Waals surface area (Å²) in [4.78, 5) is 12.4. The molecule has 0 aliphatic rings. The summed E-state index contributed by atoms with van der Waals surface area (Å²) in [6.07, 6.45) is 1.55. The summed E-state index contributed by atoms with van der Waals surface area (Å²) in [5, 5.41) is 13.3. The van der Waals surface area contributed by atoms with Gasteiger partial charge in [-0.1, -0.05) is 53.0 Å². The number of benzene rings is 3. The quantitative estimate of drug-likeness (QED) is 0.199. The van der Waals surface area contributed by atoms with Gasteiger partial charge in [-0.2, -0.15) is 5.26 Å². The van der Waals surface area contributed by atoms with Gasteiger partial charge in [0, 0.05) is 21.3 Å². The van der Waals surface area contributed by atoms with Gasteiger partial charge in [-0.15, -0.1) is 0 Å². The molecule has 0 saturated carbocycles. The van der Waals surface area contributed by atoms with Crippen LogP contribution in [0.15, 0.2) is 66.2 Å². The Morgan fingerprint density at radius 1 is 1.13 bits per heavy atom. The second-order valence-corrected chi connectivity index (χ2v) is 8.71. The molecule has 3 aromatic carbocycles. The van der Waals surface area contributed by atoms with Crippen LogP contribution in [0.1, 0.15) is 16.7 Å². The molecule has 0 heterocycles. The first kappa shape index (κ1) is 23.1. The van der Waals surface area contributed by atoms with Crippen molar-refractivity contribution < 1.29 is 9.53 Å². The van der Waals surface area contributed by atoms with E-state index in [1.165, 1.54) is 0 Å². The molecular formula is C24H17Cl2IN2O2. The van der Waals surface area contributed by atoms with Crippen LogP contribution in [0.4, 0.5) is 5.69 Å². The Balaban J connectivity index is 1.71. The van der Waals surface area contributed by atoms with E-state index in [1.807, 2.05) is 37.3 Å². The van der Waals surface area contributed by atoms with Crippen molar-refractivity contribution in [3.05, 3.63) is 96.5 Å². The largest absolute Gasteiger partial charge is 0.488 e. The van der Waals surface area contributed by atoms with Gasteiger partial charge in [0.2, 0.25) is 0 Å². The number of halogens is 3. The highest BCUT2D eigenvalue weighted by Gasteiger charge is 2.11. The number of hydrogen-bond acceptors (Lipinski definition) is 3. The number of ether oxygens (including phenoxy) is 1. The molecule has 0 atom stereocenters. The van der Waals surface area contributed by atoms with Crippen LogP contribution >= 0.6 is 45.8 Å². The van der Waals surface area contributed by atoms with Crippen LogP contribution in [0.5, 0.6) is 5.75 Å². The monoisotopic (exact) mass is 562 g/mol. The van der Waals surface area contributed by atoms with Crippen LogP contribution in [0.2, 0.25) is 10.0 Å². The van der Waals surface area contributed by atoms with Crippen LogP contribution in [-0.4, -0.2) is 5.91 Å². The third-order valence-corrected chi connectivity index (χ3v) is 5.77. The second-order valence-electron chi connectivity index (χ2n) is 6.70. The third kappa shape index (κ3) is 6.47. The van der Waals surface area contributed by atoms with Gasteiger partial charge in [-0.3, -0.25) is 4.79 Å². The minimum absolute atomic E-state index is 0.0120. The standard InChI is InChI=1S/C24H17Cl2IN2O2/c1-15-2-7-20(8-3-15)29-24(30)18(13-28)10-16-4-9-23(22(27)11-16)31-14-17-5-6-19(25)12-21(17)26/h2-12H,14H2,1H3,(H,29,30)/b18-10+. The molecule has 1 amide bonds. The molecule has 1 N–H and O–H groups in total. The molecular weight excluding hydrogens is 546 g/mol. The average Bonchev–Trinajstić information content (AvgIpc) is 2.74. The number of nitrogens with one attached hydrogen (secondary N) is 1. The summed E-state index contributed by atoms with van der Waals surface area (Å²) in [7, 11) is 0. The summed E-state index contributed by atoms with van der Waals surface area (Å²) >= 11 is 14.3. The Labute approximate surface area is 204 Å². The van der Waals surface area contributed by atoms with Crippen molar-refractivity contribution >= 4 is 63.5 Å². The minimum atomic E-state index is -0.459. The van der Waals surface area contributed by atoms with E-state index in [1.54, 1.807) is 42.5 Å². The molecule has 0 aromatic heterocycles. The predicted molar refractivity (Wildman–Crippen MR) is 133 cm³/mol. The second kappa shape index (κ2) is 10.7. The first-order valence-corrected chi connectivity index (χ1v) is 11.1. The van der Waals surface area contributed by atoms with Gasteiger partial charge < -0.3 is 10.1 Å². The van der Waals surface area contributed by atoms with E-state index in [4.69, 9.17) is 27.9 Å². The molecule has 0 saturated heterocycles. The number of aryl methyl sites for hydroxylation is 1. The molecule has 0 spiro atoms. The molecule has 4 nitrogen and oxygen atoms in total. The fourth-order valence-corrected chi connectivity index (χ4v) is 3.83. The zero-order valence-electron chi connectivity index (χ0n) is 16.5. The topological polar surface area (TPSA) is 62.1 Å². The minimum Gasteiger partial charge on any atom is -0.488 e. The van der Waals surface area contributed by atoms with E-state index in [0.717, 1.165) is 20.3 Å². The maximum absolute atomic E-state index is 12.4. The highest BCUT2D eigenvalue weighted by atomic mass is 127. The summed E-state index contributed by atoms with van der Waals surface area (Å²) in [6.45, 7) is 2.26. The van der Waals surface area contributed by atoms with Gasteiger partial charge in [-0.05, 0) is 77.6 Å². The van der Waals surface area contributed by atoms with E-state index in [9.17, 15) is 10.1 Å². The molecule has 0 aliphatic heterocycles. The van der Waals surface area contributed by atoms with Gasteiger partial charge in [0.25, 0.3) is 5.91 Å². The zero-order chi connectivity index (χ0) is 22.4. The maximum Gasteiger partial charge on any atom is 0.266 e. The molecule has 31 heavy (non-hydrogen) atoms. The first-order valence-electron chi connectivity index (χ1n) is 9.22. The van der Waals surface area contributed by atoms with E-state index in [-0.39, 0.29) is 5.57 Å². The third-order valence-electron chi connectivity index (χ3n) is 4.34. The Kier molecular flexibility index (Phi) is 7.97. The molecule has 3 aromatic rings. The maximum atomic E-state index is 12.4. The number of amides is 1. The smallest absolute Gasteiger partial charge is 0.266 e. The molecule has 0 unspecified atom stereocenters. The number of carbonyl (C=O) groups is 1. The van der Waals surface area contributed by atoms with Gasteiger partial charge >= 0.3 is 0 Å². The lowest BCUT2D eigenvalue weighted by Crippen LogP contribution is -2.13. The summed E-state index contributed by atoms with van der Waals surface area (Å²) in [6, 6.07) is 20.0. The Morgan fingerprint density at radius 2 is 1.87 bits per heavy atom. The van der Waals surface area contributed by atoms with Crippen LogP contribution < -0.4 is 10.1 Å². The Bertz CT molecular complexity index is 1190. The van der Waals surface area contributed by atoms with Crippen molar-refractivity contribution in [1.82, 2.24) is 0 Å². The Morgan fingerprint density at radius 3 is 2.52 bits per heavy atom. The van der Waals surface area contributed by atoms with E-state index >= 15 is 0 Å². The lowest BCUT2D eigenvalue weighted by molar-refractivity contribution is -0.112. The van der Waals surface area contributed by atoms with Crippen molar-refractivity contribution in [2.75, 3.05) is 5.32 Å². The van der Waals surface area contributed by atoms with E-state index < -0.39 is 5.91 Å². The van der Waals surface area contributed by atoms with Crippen molar-refractivity contribution in [2.24, 2.45) is 0 Å². The highest BCUT2D eigenvalue weighted by molar-refractivity contribution is 14.1. The molecule has 0 bridgehead atoms. The first-order chi connectivity index (χ1) is 14.9. The number of nitriles is 1. The molecule has 0 fully saturated rings. The zero-order valence-corrected chi connectivity index (χ0v) is 20.1. The number of nitrogens with zero attached hydrogens (tertiary/aromatic N) is 1. The van der Waals surface area contributed by atoms with E-state index in [0.29, 0.717) is 28.1 Å². The number of anilines is 1. The normalized spacial score (nSPS) is 11.0. The van der Waals surface area contributed by atoms with Crippen molar-refractivity contribution in [1.29, 1.82) is 5.26 Å². The number of rotatable bonds is 6. The predicted octanol–water partition coefficient (Wildman–Crippen LogP) is 7.03. The summed E-state index contributed by atoms with van der Waals surface area (Å²) < 4.78 is 6.71. The summed E-state index contributed by atoms with van der Waals surface area (Å²) in [5.74, 6) is 0.213. The van der Waals surface area contributed by atoms with Gasteiger partial charge in [0.05, 0.1) is 3.57 Å². The lowest BCUT2D eigenvalue weighted by Gasteiger charge is -2.10. The molecule has 0 radical (unpaired) electrons. The average molecular weight is 563 g/mol. The van der Waals surface area contributed by atoms with Crippen molar-refractivity contribution in [2.45, 2.75) is 13.5 Å². The van der Waals surface area contributed by atoms with Crippen LogP contribution in [0.25, 0.3) is 6.08 Å². The van der Waals surface area contributed by atoms with Crippen molar-refractivity contribution in [3.8, 4) is 11.8 Å². The molecule has 3 rings (SSSR count). The van der Waals surface area contributed by atoms with Gasteiger partial charge in [0.1, 0.15) is 24.0 Å². The Hall–Kier alpha value is -2.53. The van der Waals surface area contributed by atoms with Crippen LogP contribution in [-0.2, 0) is 11.4 Å². The van der Waals surface area contributed by atoms with E-state index in [2.05, 4.69) is 27.9 Å².